The third kappa shape index (κ3) is 3.30. The van der Waals surface area contributed by atoms with Crippen LogP contribution in [0.25, 0.3) is 0 Å². The Balaban J connectivity index is 1.81. The maximum atomic E-state index is 5.59. The zero-order chi connectivity index (χ0) is 11.2. The van der Waals surface area contributed by atoms with Gasteiger partial charge in [-0.15, -0.1) is 0 Å². The predicted molar refractivity (Wildman–Crippen MR) is 69.0 cm³/mol. The minimum absolute atomic E-state index is 0.664. The molecule has 3 heteroatoms. The van der Waals surface area contributed by atoms with Crippen molar-refractivity contribution in [2.45, 2.75) is 32.2 Å². The molecule has 1 aromatic heterocycles. The van der Waals surface area contributed by atoms with E-state index in [2.05, 4.69) is 29.1 Å². The standard InChI is InChI=1S/C13H21NOS/c1-2-14-13-5-7-15-9-12(13)4-3-11-6-8-16-10-11/h6,8,10,12-14H,2-5,7,9H2,1H3. The first-order valence-corrected chi connectivity index (χ1v) is 7.16. The lowest BCUT2D eigenvalue weighted by atomic mass is 9.90. The van der Waals surface area contributed by atoms with Crippen LogP contribution in [0.1, 0.15) is 25.3 Å². The zero-order valence-corrected chi connectivity index (χ0v) is 10.8. The van der Waals surface area contributed by atoms with Crippen LogP contribution in [0.4, 0.5) is 0 Å². The maximum Gasteiger partial charge on any atom is 0.0509 e. The van der Waals surface area contributed by atoms with E-state index in [-0.39, 0.29) is 0 Å². The highest BCUT2D eigenvalue weighted by molar-refractivity contribution is 7.07. The molecule has 0 radical (unpaired) electrons. The van der Waals surface area contributed by atoms with Crippen molar-refractivity contribution in [2.75, 3.05) is 19.8 Å². The SMILES string of the molecule is CCNC1CCOCC1CCc1ccsc1. The second-order valence-corrected chi connectivity index (χ2v) is 5.24. The first-order valence-electron chi connectivity index (χ1n) is 6.22. The van der Waals surface area contributed by atoms with Gasteiger partial charge in [-0.2, -0.15) is 11.3 Å². The smallest absolute Gasteiger partial charge is 0.0509 e. The molecule has 0 aromatic carbocycles. The lowest BCUT2D eigenvalue weighted by molar-refractivity contribution is 0.0294. The summed E-state index contributed by atoms with van der Waals surface area (Å²) in [6.45, 7) is 5.11. The molecular formula is C13H21NOS. The van der Waals surface area contributed by atoms with E-state index < -0.39 is 0 Å². The Morgan fingerprint density at radius 1 is 1.56 bits per heavy atom. The van der Waals surface area contributed by atoms with Crippen molar-refractivity contribution in [2.24, 2.45) is 5.92 Å². The molecule has 90 valence electrons. The van der Waals surface area contributed by atoms with Crippen molar-refractivity contribution >= 4 is 11.3 Å². The second-order valence-electron chi connectivity index (χ2n) is 4.46. The number of ether oxygens (including phenoxy) is 1. The van der Waals surface area contributed by atoms with E-state index in [0.29, 0.717) is 12.0 Å². The average Bonchev–Trinajstić information content (AvgIpc) is 2.81. The molecule has 1 aliphatic heterocycles. The van der Waals surface area contributed by atoms with Crippen LogP contribution in [-0.2, 0) is 11.2 Å². The number of thiophene rings is 1. The Hall–Kier alpha value is -0.380. The third-order valence-electron chi connectivity index (χ3n) is 3.32. The molecule has 0 spiro atoms. The molecule has 0 bridgehead atoms. The van der Waals surface area contributed by atoms with E-state index in [4.69, 9.17) is 4.74 Å². The van der Waals surface area contributed by atoms with E-state index in [1.807, 2.05) is 0 Å². The van der Waals surface area contributed by atoms with Gasteiger partial charge in [-0.05, 0) is 54.1 Å². The van der Waals surface area contributed by atoms with Gasteiger partial charge in [0.15, 0.2) is 0 Å². The summed E-state index contributed by atoms with van der Waals surface area (Å²) in [5.41, 5.74) is 1.48. The van der Waals surface area contributed by atoms with E-state index in [9.17, 15) is 0 Å². The van der Waals surface area contributed by atoms with Gasteiger partial charge < -0.3 is 10.1 Å². The fourth-order valence-electron chi connectivity index (χ4n) is 2.40. The summed E-state index contributed by atoms with van der Waals surface area (Å²) < 4.78 is 5.59. The normalized spacial score (nSPS) is 25.8. The summed E-state index contributed by atoms with van der Waals surface area (Å²) >= 11 is 1.79. The van der Waals surface area contributed by atoms with Gasteiger partial charge in [-0.3, -0.25) is 0 Å². The van der Waals surface area contributed by atoms with Crippen molar-refractivity contribution < 1.29 is 4.74 Å². The summed E-state index contributed by atoms with van der Waals surface area (Å²) in [5.74, 6) is 0.689. The predicted octanol–water partition coefficient (Wildman–Crippen LogP) is 2.70. The van der Waals surface area contributed by atoms with Crippen LogP contribution in [0, 0.1) is 5.92 Å². The molecule has 1 aromatic rings. The summed E-state index contributed by atoms with van der Waals surface area (Å²) in [4.78, 5) is 0. The van der Waals surface area contributed by atoms with Gasteiger partial charge in [0.2, 0.25) is 0 Å². The van der Waals surface area contributed by atoms with Crippen molar-refractivity contribution in [1.82, 2.24) is 5.32 Å². The fraction of sp³-hybridized carbons (Fsp3) is 0.692. The molecule has 0 aliphatic carbocycles. The van der Waals surface area contributed by atoms with Gasteiger partial charge in [0.1, 0.15) is 0 Å². The molecule has 2 heterocycles. The van der Waals surface area contributed by atoms with Crippen molar-refractivity contribution in [3.05, 3.63) is 22.4 Å². The Bertz CT molecular complexity index is 284. The summed E-state index contributed by atoms with van der Waals surface area (Å²) in [7, 11) is 0. The van der Waals surface area contributed by atoms with E-state index in [0.717, 1.165) is 19.8 Å². The molecule has 1 saturated heterocycles. The Morgan fingerprint density at radius 3 is 3.25 bits per heavy atom. The second kappa shape index (κ2) is 6.38. The van der Waals surface area contributed by atoms with Crippen LogP contribution in [0.15, 0.2) is 16.8 Å². The van der Waals surface area contributed by atoms with Gasteiger partial charge in [0, 0.05) is 12.6 Å². The van der Waals surface area contributed by atoms with Crippen molar-refractivity contribution in [3.63, 3.8) is 0 Å². The van der Waals surface area contributed by atoms with Gasteiger partial charge in [0.25, 0.3) is 0 Å². The van der Waals surface area contributed by atoms with Crippen molar-refractivity contribution in [1.29, 1.82) is 0 Å². The fourth-order valence-corrected chi connectivity index (χ4v) is 3.10. The summed E-state index contributed by atoms with van der Waals surface area (Å²) in [5, 5.41) is 8.00. The summed E-state index contributed by atoms with van der Waals surface area (Å²) in [6, 6.07) is 2.90. The number of nitrogens with one attached hydrogen (secondary N) is 1. The zero-order valence-electron chi connectivity index (χ0n) is 9.95. The minimum Gasteiger partial charge on any atom is -0.381 e. The van der Waals surface area contributed by atoms with Gasteiger partial charge in [-0.1, -0.05) is 6.92 Å². The monoisotopic (exact) mass is 239 g/mol. The van der Waals surface area contributed by atoms with Crippen LogP contribution in [-0.4, -0.2) is 25.8 Å². The first-order chi connectivity index (χ1) is 7.90. The highest BCUT2D eigenvalue weighted by atomic mass is 32.1. The minimum atomic E-state index is 0.664. The Labute approximate surface area is 102 Å². The number of hydrogen-bond donors (Lipinski definition) is 1. The molecule has 2 atom stereocenters. The molecule has 0 saturated carbocycles. The van der Waals surface area contributed by atoms with Crippen LogP contribution in [0.5, 0.6) is 0 Å². The lowest BCUT2D eigenvalue weighted by Crippen LogP contribution is -2.42. The quantitative estimate of drug-likeness (QED) is 0.853. The van der Waals surface area contributed by atoms with Crippen LogP contribution >= 0.6 is 11.3 Å². The molecule has 1 fully saturated rings. The van der Waals surface area contributed by atoms with Crippen LogP contribution in [0.2, 0.25) is 0 Å². The van der Waals surface area contributed by atoms with Gasteiger partial charge in [0.05, 0.1) is 6.61 Å². The largest absolute Gasteiger partial charge is 0.381 e. The highest BCUT2D eigenvalue weighted by Gasteiger charge is 2.24. The molecular weight excluding hydrogens is 218 g/mol. The summed E-state index contributed by atoms with van der Waals surface area (Å²) in [6.07, 6.45) is 3.61. The van der Waals surface area contributed by atoms with Gasteiger partial charge in [-0.25, -0.2) is 0 Å². The topological polar surface area (TPSA) is 21.3 Å². The van der Waals surface area contributed by atoms with E-state index in [1.165, 1.54) is 24.8 Å². The molecule has 2 unspecified atom stereocenters. The van der Waals surface area contributed by atoms with Crippen LogP contribution < -0.4 is 5.32 Å². The highest BCUT2D eigenvalue weighted by Crippen LogP contribution is 2.21. The van der Waals surface area contributed by atoms with E-state index >= 15 is 0 Å². The van der Waals surface area contributed by atoms with Crippen molar-refractivity contribution in [3.8, 4) is 0 Å². The number of aryl methyl sites for hydroxylation is 1. The molecule has 1 N–H and O–H groups in total. The van der Waals surface area contributed by atoms with Gasteiger partial charge >= 0.3 is 0 Å². The molecule has 16 heavy (non-hydrogen) atoms. The maximum absolute atomic E-state index is 5.59. The number of rotatable bonds is 5. The third-order valence-corrected chi connectivity index (χ3v) is 4.06. The lowest BCUT2D eigenvalue weighted by Gasteiger charge is -2.32. The molecule has 2 rings (SSSR count). The number of hydrogen-bond acceptors (Lipinski definition) is 3. The Kier molecular flexibility index (Phi) is 4.82. The molecule has 0 amide bonds. The Morgan fingerprint density at radius 2 is 2.50 bits per heavy atom. The molecule has 2 nitrogen and oxygen atoms in total. The van der Waals surface area contributed by atoms with Crippen LogP contribution in [0.3, 0.4) is 0 Å². The van der Waals surface area contributed by atoms with E-state index in [1.54, 1.807) is 11.3 Å². The molecule has 1 aliphatic rings. The first kappa shape index (κ1) is 12.1. The average molecular weight is 239 g/mol.